The van der Waals surface area contributed by atoms with E-state index in [4.69, 9.17) is 0 Å². The number of nitrogens with zero attached hydrogens (tertiary/aromatic N) is 2. The Kier molecular flexibility index (Phi) is 5.55. The molecule has 0 aromatic carbocycles. The van der Waals surface area contributed by atoms with Gasteiger partial charge in [0.2, 0.25) is 5.91 Å². The second-order valence-electron chi connectivity index (χ2n) is 6.63. The predicted molar refractivity (Wildman–Crippen MR) is 95.2 cm³/mol. The summed E-state index contributed by atoms with van der Waals surface area (Å²) >= 11 is 1.73. The van der Waals surface area contributed by atoms with Gasteiger partial charge in [0, 0.05) is 30.2 Å². The largest absolute Gasteiger partial charge is 0.353 e. The van der Waals surface area contributed by atoms with Gasteiger partial charge >= 0.3 is 0 Å². The molecule has 0 N–H and O–H groups in total. The van der Waals surface area contributed by atoms with E-state index in [0.717, 1.165) is 18.9 Å². The minimum Gasteiger partial charge on any atom is -0.353 e. The molecule has 0 bridgehead atoms. The van der Waals surface area contributed by atoms with Gasteiger partial charge in [0.25, 0.3) is 0 Å². The molecular weight excluding hydrogens is 304 g/mol. The number of thiophene rings is 1. The Morgan fingerprint density at radius 2 is 2.09 bits per heavy atom. The number of aryl methyl sites for hydroxylation is 1. The molecule has 0 atom stereocenters. The zero-order valence-corrected chi connectivity index (χ0v) is 14.7. The summed E-state index contributed by atoms with van der Waals surface area (Å²) in [6.45, 7) is 1.43. The van der Waals surface area contributed by atoms with Crippen LogP contribution in [0.25, 0.3) is 0 Å². The fraction of sp³-hybridized carbons (Fsp3) is 0.526. The van der Waals surface area contributed by atoms with Crippen molar-refractivity contribution in [2.75, 3.05) is 0 Å². The van der Waals surface area contributed by atoms with Crippen molar-refractivity contribution >= 4 is 17.2 Å². The molecule has 23 heavy (non-hydrogen) atoms. The summed E-state index contributed by atoms with van der Waals surface area (Å²) < 4.78 is 2.10. The Hall–Kier alpha value is -1.55. The zero-order chi connectivity index (χ0) is 16.1. The molecule has 1 aliphatic rings. The van der Waals surface area contributed by atoms with Gasteiger partial charge in [-0.3, -0.25) is 4.79 Å². The summed E-state index contributed by atoms with van der Waals surface area (Å²) in [5, 5.41) is 2.08. The summed E-state index contributed by atoms with van der Waals surface area (Å²) in [5.74, 6) is 1.07. The van der Waals surface area contributed by atoms with Crippen molar-refractivity contribution in [2.45, 2.75) is 51.6 Å². The number of amides is 1. The average Bonchev–Trinajstić information content (AvgIpc) is 3.28. The van der Waals surface area contributed by atoms with E-state index in [9.17, 15) is 4.79 Å². The van der Waals surface area contributed by atoms with E-state index in [2.05, 4.69) is 28.1 Å². The third kappa shape index (κ3) is 4.47. The quantitative estimate of drug-likeness (QED) is 0.729. The molecule has 0 radical (unpaired) electrons. The monoisotopic (exact) mass is 330 g/mol. The summed E-state index contributed by atoms with van der Waals surface area (Å²) in [4.78, 5) is 16.1. The minimum absolute atomic E-state index is 0.298. The lowest BCUT2D eigenvalue weighted by molar-refractivity contribution is -0.132. The van der Waals surface area contributed by atoms with Crippen molar-refractivity contribution in [2.24, 2.45) is 13.0 Å². The van der Waals surface area contributed by atoms with Crippen molar-refractivity contribution in [3.63, 3.8) is 0 Å². The molecule has 0 saturated heterocycles. The highest BCUT2D eigenvalue weighted by atomic mass is 32.1. The summed E-state index contributed by atoms with van der Waals surface area (Å²) in [6, 6.07) is 8.32. The Morgan fingerprint density at radius 1 is 1.26 bits per heavy atom. The van der Waals surface area contributed by atoms with E-state index in [1.54, 1.807) is 11.3 Å². The standard InChI is InChI=1S/C19H26N2OS/c1-20-12-4-8-17(20)14-21(15-18-9-5-13-23-18)19(22)11-10-16-6-2-3-7-16/h4-5,8-9,12-13,16H,2-3,6-7,10-11,14-15H2,1H3. The molecule has 0 aliphatic heterocycles. The van der Waals surface area contributed by atoms with Crippen LogP contribution < -0.4 is 0 Å². The lowest BCUT2D eigenvalue weighted by atomic mass is 10.0. The smallest absolute Gasteiger partial charge is 0.223 e. The molecule has 1 saturated carbocycles. The van der Waals surface area contributed by atoms with Crippen LogP contribution in [0.1, 0.15) is 49.1 Å². The lowest BCUT2D eigenvalue weighted by Gasteiger charge is -2.23. The van der Waals surface area contributed by atoms with Gasteiger partial charge in [-0.05, 0) is 35.9 Å². The Bertz CT molecular complexity index is 611. The maximum Gasteiger partial charge on any atom is 0.223 e. The number of aromatic nitrogens is 1. The van der Waals surface area contributed by atoms with E-state index in [1.807, 2.05) is 24.2 Å². The summed E-state index contributed by atoms with van der Waals surface area (Å²) in [5.41, 5.74) is 1.19. The molecule has 3 nitrogen and oxygen atoms in total. The van der Waals surface area contributed by atoms with Gasteiger partial charge in [-0.15, -0.1) is 11.3 Å². The first-order chi connectivity index (χ1) is 11.2. The molecule has 0 spiro atoms. The molecule has 1 aliphatic carbocycles. The third-order valence-electron chi connectivity index (χ3n) is 4.92. The van der Waals surface area contributed by atoms with Gasteiger partial charge in [0.05, 0.1) is 13.1 Å². The second kappa shape index (κ2) is 7.82. The van der Waals surface area contributed by atoms with Crippen LogP contribution in [0.4, 0.5) is 0 Å². The predicted octanol–water partition coefficient (Wildman–Crippen LogP) is 4.59. The van der Waals surface area contributed by atoms with Crippen molar-refractivity contribution in [1.82, 2.24) is 9.47 Å². The number of carbonyl (C=O) groups is 1. The van der Waals surface area contributed by atoms with Crippen LogP contribution in [-0.2, 0) is 24.9 Å². The van der Waals surface area contributed by atoms with Crippen molar-refractivity contribution in [3.8, 4) is 0 Å². The summed E-state index contributed by atoms with van der Waals surface area (Å²) in [6.07, 6.45) is 9.13. The number of rotatable bonds is 7. The highest BCUT2D eigenvalue weighted by Crippen LogP contribution is 2.29. The van der Waals surface area contributed by atoms with Gasteiger partial charge in [0.15, 0.2) is 0 Å². The Balaban J connectivity index is 1.63. The van der Waals surface area contributed by atoms with Gasteiger partial charge < -0.3 is 9.47 Å². The molecule has 4 heteroatoms. The molecule has 1 amide bonds. The lowest BCUT2D eigenvalue weighted by Crippen LogP contribution is -2.30. The van der Waals surface area contributed by atoms with Gasteiger partial charge in [-0.1, -0.05) is 31.7 Å². The third-order valence-corrected chi connectivity index (χ3v) is 5.79. The molecular formula is C19H26N2OS. The fourth-order valence-electron chi connectivity index (χ4n) is 3.46. The molecule has 2 aromatic rings. The molecule has 1 fully saturated rings. The van der Waals surface area contributed by atoms with E-state index < -0.39 is 0 Å². The highest BCUT2D eigenvalue weighted by molar-refractivity contribution is 7.09. The van der Waals surface area contributed by atoms with Crippen LogP contribution in [-0.4, -0.2) is 15.4 Å². The number of hydrogen-bond acceptors (Lipinski definition) is 2. The van der Waals surface area contributed by atoms with Crippen molar-refractivity contribution < 1.29 is 4.79 Å². The SMILES string of the molecule is Cn1cccc1CN(Cc1cccs1)C(=O)CCC1CCCC1. The minimum atomic E-state index is 0.298. The molecule has 2 aromatic heterocycles. The first-order valence-corrected chi connectivity index (χ1v) is 9.50. The molecule has 2 heterocycles. The number of hydrogen-bond donors (Lipinski definition) is 0. The first kappa shape index (κ1) is 16.3. The topological polar surface area (TPSA) is 25.2 Å². The highest BCUT2D eigenvalue weighted by Gasteiger charge is 2.20. The van der Waals surface area contributed by atoms with Crippen molar-refractivity contribution in [3.05, 3.63) is 46.4 Å². The average molecular weight is 330 g/mol. The van der Waals surface area contributed by atoms with Gasteiger partial charge in [0.1, 0.15) is 0 Å². The first-order valence-electron chi connectivity index (χ1n) is 8.63. The zero-order valence-electron chi connectivity index (χ0n) is 13.9. The maximum absolute atomic E-state index is 12.8. The van der Waals surface area contributed by atoms with Crippen LogP contribution in [0.3, 0.4) is 0 Å². The van der Waals surface area contributed by atoms with Crippen molar-refractivity contribution in [1.29, 1.82) is 0 Å². The van der Waals surface area contributed by atoms with Crippen LogP contribution in [0, 0.1) is 5.92 Å². The van der Waals surface area contributed by atoms with Crippen LogP contribution >= 0.6 is 11.3 Å². The summed E-state index contributed by atoms with van der Waals surface area (Å²) in [7, 11) is 2.04. The fourth-order valence-corrected chi connectivity index (χ4v) is 4.18. The molecule has 124 valence electrons. The number of carbonyl (C=O) groups excluding carboxylic acids is 1. The van der Waals surface area contributed by atoms with E-state index in [-0.39, 0.29) is 0 Å². The van der Waals surface area contributed by atoms with Crippen LogP contribution in [0.2, 0.25) is 0 Å². The molecule has 3 rings (SSSR count). The van der Waals surface area contributed by atoms with Crippen LogP contribution in [0.15, 0.2) is 35.8 Å². The van der Waals surface area contributed by atoms with E-state index in [1.165, 1.54) is 36.3 Å². The Labute approximate surface area is 142 Å². The van der Waals surface area contributed by atoms with Gasteiger partial charge in [-0.25, -0.2) is 0 Å². The van der Waals surface area contributed by atoms with Crippen LogP contribution in [0.5, 0.6) is 0 Å². The second-order valence-corrected chi connectivity index (χ2v) is 7.66. The van der Waals surface area contributed by atoms with Gasteiger partial charge in [-0.2, -0.15) is 0 Å². The maximum atomic E-state index is 12.8. The molecule has 0 unspecified atom stereocenters. The Morgan fingerprint density at radius 3 is 2.74 bits per heavy atom. The normalized spacial score (nSPS) is 15.2. The van der Waals surface area contributed by atoms with E-state index >= 15 is 0 Å². The van der Waals surface area contributed by atoms with E-state index in [0.29, 0.717) is 18.9 Å².